The number of hydrogen-bond donors (Lipinski definition) is 1. The Hall–Kier alpha value is -0.0800. The van der Waals surface area contributed by atoms with E-state index in [0.29, 0.717) is 0 Å². The van der Waals surface area contributed by atoms with E-state index in [1.54, 1.807) is 7.11 Å². The second-order valence-electron chi connectivity index (χ2n) is 5.39. The lowest BCUT2D eigenvalue weighted by atomic mass is 9.89. The van der Waals surface area contributed by atoms with Crippen molar-refractivity contribution < 1.29 is 4.74 Å². The number of ether oxygens (including phenoxy) is 1. The minimum atomic E-state index is -0.137. The third kappa shape index (κ3) is 7.05. The van der Waals surface area contributed by atoms with Gasteiger partial charge in [0, 0.05) is 13.2 Å². The summed E-state index contributed by atoms with van der Waals surface area (Å²) < 4.78 is 5.53. The standard InChI is InChI=1S/C15H33NO/c1-5-7-8-9-10-11-12-13-14(16)15(3,6-2)17-4/h14H,5-13,16H2,1-4H3. The fourth-order valence-corrected chi connectivity index (χ4v) is 2.18. The summed E-state index contributed by atoms with van der Waals surface area (Å²) in [4.78, 5) is 0. The van der Waals surface area contributed by atoms with Gasteiger partial charge in [-0.15, -0.1) is 0 Å². The lowest BCUT2D eigenvalue weighted by Gasteiger charge is -2.33. The second-order valence-corrected chi connectivity index (χ2v) is 5.39. The molecule has 0 aliphatic carbocycles. The van der Waals surface area contributed by atoms with Crippen molar-refractivity contribution in [2.45, 2.75) is 90.2 Å². The summed E-state index contributed by atoms with van der Waals surface area (Å²) >= 11 is 0. The molecule has 0 aromatic rings. The lowest BCUT2D eigenvalue weighted by Crippen LogP contribution is -2.46. The van der Waals surface area contributed by atoms with Crippen LogP contribution >= 0.6 is 0 Å². The van der Waals surface area contributed by atoms with Crippen LogP contribution in [-0.2, 0) is 4.74 Å². The van der Waals surface area contributed by atoms with Crippen LogP contribution < -0.4 is 5.73 Å². The van der Waals surface area contributed by atoms with Crippen LogP contribution in [0.3, 0.4) is 0 Å². The molecule has 2 N–H and O–H groups in total. The van der Waals surface area contributed by atoms with Gasteiger partial charge >= 0.3 is 0 Å². The van der Waals surface area contributed by atoms with Gasteiger partial charge in [0.25, 0.3) is 0 Å². The molecule has 0 spiro atoms. The van der Waals surface area contributed by atoms with E-state index in [0.717, 1.165) is 12.8 Å². The molecular weight excluding hydrogens is 210 g/mol. The van der Waals surface area contributed by atoms with Gasteiger partial charge in [-0.3, -0.25) is 0 Å². The quantitative estimate of drug-likeness (QED) is 0.550. The van der Waals surface area contributed by atoms with Gasteiger partial charge in [-0.2, -0.15) is 0 Å². The van der Waals surface area contributed by atoms with Gasteiger partial charge in [-0.05, 0) is 19.8 Å². The topological polar surface area (TPSA) is 35.2 Å². The minimum absolute atomic E-state index is 0.137. The average molecular weight is 243 g/mol. The Bertz CT molecular complexity index is 166. The highest BCUT2D eigenvalue weighted by Crippen LogP contribution is 2.21. The molecule has 0 aliphatic heterocycles. The summed E-state index contributed by atoms with van der Waals surface area (Å²) in [6.45, 7) is 6.53. The highest BCUT2D eigenvalue weighted by atomic mass is 16.5. The van der Waals surface area contributed by atoms with Crippen molar-refractivity contribution in [1.29, 1.82) is 0 Å². The average Bonchev–Trinajstić information content (AvgIpc) is 2.36. The van der Waals surface area contributed by atoms with Crippen molar-refractivity contribution in [2.75, 3.05) is 7.11 Å². The van der Waals surface area contributed by atoms with Gasteiger partial charge in [0.2, 0.25) is 0 Å². The van der Waals surface area contributed by atoms with Crippen LogP contribution in [0.2, 0.25) is 0 Å². The zero-order valence-electron chi connectivity index (χ0n) is 12.4. The van der Waals surface area contributed by atoms with Crippen molar-refractivity contribution in [3.8, 4) is 0 Å². The zero-order valence-corrected chi connectivity index (χ0v) is 12.4. The summed E-state index contributed by atoms with van der Waals surface area (Å²) in [5.41, 5.74) is 6.07. The molecule has 0 amide bonds. The molecule has 0 aliphatic rings. The number of rotatable bonds is 11. The van der Waals surface area contributed by atoms with Crippen molar-refractivity contribution >= 4 is 0 Å². The van der Waals surface area contributed by atoms with Crippen LogP contribution in [0.25, 0.3) is 0 Å². The van der Waals surface area contributed by atoms with E-state index in [-0.39, 0.29) is 11.6 Å². The highest BCUT2D eigenvalue weighted by Gasteiger charge is 2.28. The normalized spacial score (nSPS) is 16.8. The Balaban J connectivity index is 3.54. The monoisotopic (exact) mass is 243 g/mol. The molecule has 2 atom stereocenters. The van der Waals surface area contributed by atoms with E-state index in [1.165, 1.54) is 44.9 Å². The fraction of sp³-hybridized carbons (Fsp3) is 1.00. The first kappa shape index (κ1) is 16.9. The van der Waals surface area contributed by atoms with E-state index in [2.05, 4.69) is 20.8 Å². The van der Waals surface area contributed by atoms with Crippen molar-refractivity contribution in [3.63, 3.8) is 0 Å². The van der Waals surface area contributed by atoms with Crippen LogP contribution in [-0.4, -0.2) is 18.8 Å². The minimum Gasteiger partial charge on any atom is -0.377 e. The maximum Gasteiger partial charge on any atom is 0.0798 e. The third-order valence-electron chi connectivity index (χ3n) is 4.07. The first-order valence-electron chi connectivity index (χ1n) is 7.41. The van der Waals surface area contributed by atoms with Crippen LogP contribution in [0.1, 0.15) is 78.6 Å². The summed E-state index contributed by atoms with van der Waals surface area (Å²) in [6, 6.07) is 0.174. The zero-order chi connectivity index (χ0) is 13.1. The first-order chi connectivity index (χ1) is 8.10. The molecule has 0 rings (SSSR count). The Morgan fingerprint density at radius 2 is 1.53 bits per heavy atom. The first-order valence-corrected chi connectivity index (χ1v) is 7.41. The summed E-state index contributed by atoms with van der Waals surface area (Å²) in [5, 5.41) is 0. The maximum atomic E-state index is 6.21. The van der Waals surface area contributed by atoms with E-state index < -0.39 is 0 Å². The van der Waals surface area contributed by atoms with Crippen LogP contribution in [0.5, 0.6) is 0 Å². The summed E-state index contributed by atoms with van der Waals surface area (Å²) in [6.07, 6.45) is 11.5. The predicted molar refractivity (Wildman–Crippen MR) is 76.3 cm³/mol. The summed E-state index contributed by atoms with van der Waals surface area (Å²) in [7, 11) is 1.77. The third-order valence-corrected chi connectivity index (χ3v) is 4.07. The van der Waals surface area contributed by atoms with E-state index >= 15 is 0 Å². The second kappa shape index (κ2) is 9.90. The van der Waals surface area contributed by atoms with Crippen LogP contribution in [0.15, 0.2) is 0 Å². The molecule has 17 heavy (non-hydrogen) atoms. The molecule has 0 fully saturated rings. The summed E-state index contributed by atoms with van der Waals surface area (Å²) in [5.74, 6) is 0. The molecule has 0 saturated heterocycles. The molecule has 0 heterocycles. The van der Waals surface area contributed by atoms with E-state index in [4.69, 9.17) is 10.5 Å². The fourth-order valence-electron chi connectivity index (χ4n) is 2.18. The molecule has 0 aromatic carbocycles. The largest absolute Gasteiger partial charge is 0.377 e. The SMILES string of the molecule is CCCCCCCCCC(N)C(C)(CC)OC. The molecular formula is C15H33NO. The van der Waals surface area contributed by atoms with Crippen LogP contribution in [0, 0.1) is 0 Å². The van der Waals surface area contributed by atoms with Crippen molar-refractivity contribution in [2.24, 2.45) is 5.73 Å². The van der Waals surface area contributed by atoms with Gasteiger partial charge in [0.15, 0.2) is 0 Å². The van der Waals surface area contributed by atoms with Crippen LogP contribution in [0.4, 0.5) is 0 Å². The van der Waals surface area contributed by atoms with Gasteiger partial charge < -0.3 is 10.5 Å². The Kier molecular flexibility index (Phi) is 9.85. The molecule has 0 saturated carbocycles. The lowest BCUT2D eigenvalue weighted by molar-refractivity contribution is -0.0211. The number of nitrogens with two attached hydrogens (primary N) is 1. The smallest absolute Gasteiger partial charge is 0.0798 e. The van der Waals surface area contributed by atoms with Gasteiger partial charge in [0.1, 0.15) is 0 Å². The number of hydrogen-bond acceptors (Lipinski definition) is 2. The molecule has 0 bridgehead atoms. The molecule has 0 radical (unpaired) electrons. The molecule has 104 valence electrons. The number of unbranched alkanes of at least 4 members (excludes halogenated alkanes) is 6. The Morgan fingerprint density at radius 1 is 1.00 bits per heavy atom. The maximum absolute atomic E-state index is 6.21. The molecule has 2 nitrogen and oxygen atoms in total. The molecule has 2 heteroatoms. The Morgan fingerprint density at radius 3 is 2.00 bits per heavy atom. The van der Waals surface area contributed by atoms with Gasteiger partial charge in [0.05, 0.1) is 5.60 Å². The van der Waals surface area contributed by atoms with Gasteiger partial charge in [-0.1, -0.05) is 58.8 Å². The Labute approximate surface area is 108 Å². The van der Waals surface area contributed by atoms with Crippen molar-refractivity contribution in [1.82, 2.24) is 0 Å². The van der Waals surface area contributed by atoms with Gasteiger partial charge in [-0.25, -0.2) is 0 Å². The van der Waals surface area contributed by atoms with Crippen molar-refractivity contribution in [3.05, 3.63) is 0 Å². The van der Waals surface area contributed by atoms with E-state index in [1.807, 2.05) is 0 Å². The molecule has 2 unspecified atom stereocenters. The number of methoxy groups -OCH3 is 1. The van der Waals surface area contributed by atoms with E-state index in [9.17, 15) is 0 Å². The predicted octanol–water partition coefficient (Wildman–Crippen LogP) is 4.27. The highest BCUT2D eigenvalue weighted by molar-refractivity contribution is 4.85. The molecule has 0 aromatic heterocycles.